The molecule has 1 aromatic rings. The molecule has 120 valence electrons. The number of rotatable bonds is 10. The highest BCUT2D eigenvalue weighted by Gasteiger charge is 2.12. The van der Waals surface area contributed by atoms with E-state index < -0.39 is 0 Å². The van der Waals surface area contributed by atoms with Gasteiger partial charge in [-0.15, -0.1) is 0 Å². The number of nitrogens with zero attached hydrogens (tertiary/aromatic N) is 2. The SMILES string of the molecule is CCCN(CCC(NC)c1cccc(Cl)c1)CCN(C)C. The second kappa shape index (κ2) is 10.2. The van der Waals surface area contributed by atoms with Crippen LogP contribution in [0.25, 0.3) is 0 Å². The summed E-state index contributed by atoms with van der Waals surface area (Å²) in [6.45, 7) is 6.77. The fourth-order valence-corrected chi connectivity index (χ4v) is 2.70. The average Bonchev–Trinajstić information content (AvgIpc) is 2.45. The molecule has 0 aliphatic heterocycles. The van der Waals surface area contributed by atoms with E-state index in [1.54, 1.807) is 0 Å². The number of halogens is 1. The summed E-state index contributed by atoms with van der Waals surface area (Å²) in [5.41, 5.74) is 1.27. The highest BCUT2D eigenvalue weighted by molar-refractivity contribution is 6.30. The van der Waals surface area contributed by atoms with Crippen molar-refractivity contribution in [2.24, 2.45) is 0 Å². The minimum Gasteiger partial charge on any atom is -0.313 e. The molecule has 1 unspecified atom stereocenters. The molecule has 0 amide bonds. The van der Waals surface area contributed by atoms with E-state index in [1.165, 1.54) is 18.5 Å². The summed E-state index contributed by atoms with van der Waals surface area (Å²) >= 11 is 6.10. The highest BCUT2D eigenvalue weighted by Crippen LogP contribution is 2.20. The maximum absolute atomic E-state index is 6.10. The van der Waals surface area contributed by atoms with E-state index in [0.717, 1.165) is 31.1 Å². The lowest BCUT2D eigenvalue weighted by atomic mass is 10.0. The molecule has 3 nitrogen and oxygen atoms in total. The molecular formula is C17H30ClN3. The van der Waals surface area contributed by atoms with Crippen LogP contribution in [-0.2, 0) is 0 Å². The van der Waals surface area contributed by atoms with Gasteiger partial charge in [0.15, 0.2) is 0 Å². The summed E-state index contributed by atoms with van der Waals surface area (Å²) in [4.78, 5) is 4.80. The predicted octanol–water partition coefficient (Wildman–Crippen LogP) is 3.26. The summed E-state index contributed by atoms with van der Waals surface area (Å²) in [6.07, 6.45) is 2.30. The van der Waals surface area contributed by atoms with E-state index in [1.807, 2.05) is 19.2 Å². The molecule has 0 heterocycles. The van der Waals surface area contributed by atoms with Gasteiger partial charge in [-0.25, -0.2) is 0 Å². The van der Waals surface area contributed by atoms with Crippen LogP contribution >= 0.6 is 11.6 Å². The van der Waals surface area contributed by atoms with Crippen LogP contribution in [0.2, 0.25) is 5.02 Å². The summed E-state index contributed by atoms with van der Waals surface area (Å²) in [5, 5.41) is 4.22. The van der Waals surface area contributed by atoms with Crippen LogP contribution < -0.4 is 5.32 Å². The minimum atomic E-state index is 0.363. The van der Waals surface area contributed by atoms with Crippen molar-refractivity contribution in [3.63, 3.8) is 0 Å². The average molecular weight is 312 g/mol. The Labute approximate surface area is 135 Å². The monoisotopic (exact) mass is 311 g/mol. The highest BCUT2D eigenvalue weighted by atomic mass is 35.5. The number of hydrogen-bond donors (Lipinski definition) is 1. The summed E-state index contributed by atoms with van der Waals surface area (Å²) in [7, 11) is 6.29. The molecule has 1 atom stereocenters. The zero-order chi connectivity index (χ0) is 15.7. The molecule has 0 aliphatic rings. The van der Waals surface area contributed by atoms with Gasteiger partial charge in [-0.2, -0.15) is 0 Å². The molecule has 4 heteroatoms. The van der Waals surface area contributed by atoms with E-state index in [9.17, 15) is 0 Å². The van der Waals surface area contributed by atoms with Crippen LogP contribution in [0.4, 0.5) is 0 Å². The minimum absolute atomic E-state index is 0.363. The molecule has 0 radical (unpaired) electrons. The summed E-state index contributed by atoms with van der Waals surface area (Å²) < 4.78 is 0. The van der Waals surface area contributed by atoms with Crippen molar-refractivity contribution in [1.29, 1.82) is 0 Å². The molecule has 1 N–H and O–H groups in total. The van der Waals surface area contributed by atoms with Crippen LogP contribution in [0.3, 0.4) is 0 Å². The molecule has 0 spiro atoms. The molecule has 0 saturated carbocycles. The molecule has 1 rings (SSSR count). The number of hydrogen-bond acceptors (Lipinski definition) is 3. The van der Waals surface area contributed by atoms with Crippen LogP contribution in [-0.4, -0.2) is 57.1 Å². The lowest BCUT2D eigenvalue weighted by molar-refractivity contribution is 0.230. The number of nitrogens with one attached hydrogen (secondary N) is 1. The lowest BCUT2D eigenvalue weighted by Crippen LogP contribution is -2.34. The third-order valence-corrected chi connectivity index (χ3v) is 3.97. The molecule has 0 fully saturated rings. The lowest BCUT2D eigenvalue weighted by Gasteiger charge is -2.26. The van der Waals surface area contributed by atoms with E-state index >= 15 is 0 Å². The first-order valence-electron chi connectivity index (χ1n) is 7.86. The normalized spacial score (nSPS) is 13.1. The zero-order valence-electron chi connectivity index (χ0n) is 13.9. The van der Waals surface area contributed by atoms with Gasteiger partial charge in [-0.1, -0.05) is 30.7 Å². The third kappa shape index (κ3) is 7.28. The first-order valence-corrected chi connectivity index (χ1v) is 8.24. The smallest absolute Gasteiger partial charge is 0.0409 e. The second-order valence-corrected chi connectivity index (χ2v) is 6.27. The Morgan fingerprint density at radius 3 is 2.48 bits per heavy atom. The quantitative estimate of drug-likeness (QED) is 0.715. The third-order valence-electron chi connectivity index (χ3n) is 3.74. The maximum atomic E-state index is 6.10. The van der Waals surface area contributed by atoms with E-state index in [0.29, 0.717) is 6.04 Å². The Morgan fingerprint density at radius 2 is 1.90 bits per heavy atom. The van der Waals surface area contributed by atoms with Crippen molar-refractivity contribution in [3.05, 3.63) is 34.9 Å². The molecule has 21 heavy (non-hydrogen) atoms. The van der Waals surface area contributed by atoms with E-state index in [2.05, 4.69) is 48.3 Å². The Bertz CT molecular complexity index is 395. The van der Waals surface area contributed by atoms with E-state index in [-0.39, 0.29) is 0 Å². The number of likely N-dealkylation sites (N-methyl/N-ethyl adjacent to an activating group) is 1. The standard InChI is InChI=1S/C17H30ClN3/c1-5-10-21(13-12-20(3)4)11-9-17(19-2)15-7-6-8-16(18)14-15/h6-8,14,17,19H,5,9-13H2,1-4H3. The van der Waals surface area contributed by atoms with Crippen molar-refractivity contribution >= 4 is 11.6 Å². The first-order chi connectivity index (χ1) is 10.1. The van der Waals surface area contributed by atoms with Crippen molar-refractivity contribution in [2.75, 3.05) is 47.3 Å². The Hall–Kier alpha value is -0.610. The molecular weight excluding hydrogens is 282 g/mol. The Morgan fingerprint density at radius 1 is 1.14 bits per heavy atom. The molecule has 0 bridgehead atoms. The van der Waals surface area contributed by atoms with Crippen molar-refractivity contribution in [3.8, 4) is 0 Å². The van der Waals surface area contributed by atoms with Gasteiger partial charge >= 0.3 is 0 Å². The summed E-state index contributed by atoms with van der Waals surface area (Å²) in [6, 6.07) is 8.53. The second-order valence-electron chi connectivity index (χ2n) is 5.83. The van der Waals surface area contributed by atoms with Crippen LogP contribution in [0, 0.1) is 0 Å². The summed E-state index contributed by atoms with van der Waals surface area (Å²) in [5.74, 6) is 0. The number of benzene rings is 1. The van der Waals surface area contributed by atoms with Crippen molar-refractivity contribution in [1.82, 2.24) is 15.1 Å². The first kappa shape index (κ1) is 18.4. The molecule has 1 aromatic carbocycles. The van der Waals surface area contributed by atoms with Crippen molar-refractivity contribution < 1.29 is 0 Å². The van der Waals surface area contributed by atoms with Gasteiger partial charge in [-0.05, 0) is 64.8 Å². The Balaban J connectivity index is 2.54. The van der Waals surface area contributed by atoms with Gasteiger partial charge < -0.3 is 15.1 Å². The zero-order valence-corrected chi connectivity index (χ0v) is 14.7. The molecule has 0 saturated heterocycles. The van der Waals surface area contributed by atoms with Crippen LogP contribution in [0.1, 0.15) is 31.4 Å². The van der Waals surface area contributed by atoms with Gasteiger partial charge in [0, 0.05) is 24.2 Å². The molecule has 0 aliphatic carbocycles. The van der Waals surface area contributed by atoms with Crippen molar-refractivity contribution in [2.45, 2.75) is 25.8 Å². The predicted molar refractivity (Wildman–Crippen MR) is 93.2 cm³/mol. The van der Waals surface area contributed by atoms with Crippen LogP contribution in [0.5, 0.6) is 0 Å². The van der Waals surface area contributed by atoms with Gasteiger partial charge in [0.25, 0.3) is 0 Å². The largest absolute Gasteiger partial charge is 0.313 e. The van der Waals surface area contributed by atoms with Gasteiger partial charge in [-0.3, -0.25) is 0 Å². The fourth-order valence-electron chi connectivity index (χ4n) is 2.51. The van der Waals surface area contributed by atoms with Gasteiger partial charge in [0.1, 0.15) is 0 Å². The van der Waals surface area contributed by atoms with Gasteiger partial charge in [0.2, 0.25) is 0 Å². The maximum Gasteiger partial charge on any atom is 0.0409 e. The van der Waals surface area contributed by atoms with E-state index in [4.69, 9.17) is 11.6 Å². The fraction of sp³-hybridized carbons (Fsp3) is 0.647. The molecule has 0 aromatic heterocycles. The van der Waals surface area contributed by atoms with Crippen LogP contribution in [0.15, 0.2) is 24.3 Å². The Kier molecular flexibility index (Phi) is 8.93. The van der Waals surface area contributed by atoms with Gasteiger partial charge in [0.05, 0.1) is 0 Å². The topological polar surface area (TPSA) is 18.5 Å².